The smallest absolute Gasteiger partial charge is 0.240 e. The molecule has 0 bridgehead atoms. The van der Waals surface area contributed by atoms with E-state index < -0.39 is 0 Å². The van der Waals surface area contributed by atoms with Crippen LogP contribution in [0.4, 0.5) is 5.69 Å². The van der Waals surface area contributed by atoms with Crippen molar-refractivity contribution in [1.82, 2.24) is 4.98 Å². The summed E-state index contributed by atoms with van der Waals surface area (Å²) in [4.78, 5) is 7.57. The van der Waals surface area contributed by atoms with Crippen LogP contribution in [-0.2, 0) is 0 Å². The summed E-state index contributed by atoms with van der Waals surface area (Å²) in [6.45, 7) is 0. The van der Waals surface area contributed by atoms with Crippen molar-refractivity contribution >= 4 is 34.1 Å². The van der Waals surface area contributed by atoms with E-state index >= 15 is 0 Å². The molecular weight excluding hydrogens is 294 g/mol. The molecule has 5 heteroatoms. The molecule has 0 saturated carbocycles. The van der Waals surface area contributed by atoms with Gasteiger partial charge in [-0.3, -0.25) is 0 Å². The van der Waals surface area contributed by atoms with Gasteiger partial charge in [0.25, 0.3) is 0 Å². The van der Waals surface area contributed by atoms with Gasteiger partial charge in [0.1, 0.15) is 22.2 Å². The molecule has 2 heterocycles. The zero-order valence-electron chi connectivity index (χ0n) is 11.8. The highest BCUT2D eigenvalue weighted by Gasteiger charge is 2.27. The van der Waals surface area contributed by atoms with E-state index in [0.717, 1.165) is 21.1 Å². The maximum absolute atomic E-state index is 9.61. The van der Waals surface area contributed by atoms with Gasteiger partial charge in [-0.15, -0.1) is 0 Å². The summed E-state index contributed by atoms with van der Waals surface area (Å²) >= 11 is 1.56. The van der Waals surface area contributed by atoms with Crippen molar-refractivity contribution in [3.8, 4) is 6.07 Å². The fourth-order valence-electron chi connectivity index (χ4n) is 2.49. The molecule has 1 aliphatic rings. The fraction of sp³-hybridized carbons (Fsp3) is 0.0588. The number of hydrogen-bond donors (Lipinski definition) is 0. The Morgan fingerprint density at radius 1 is 1.18 bits per heavy atom. The van der Waals surface area contributed by atoms with Gasteiger partial charge in [0.05, 0.1) is 5.69 Å². The molecule has 4 nitrogen and oxygen atoms in total. The Balaban J connectivity index is 1.88. The van der Waals surface area contributed by atoms with E-state index in [1.165, 1.54) is 0 Å². The predicted molar refractivity (Wildman–Crippen MR) is 87.2 cm³/mol. The summed E-state index contributed by atoms with van der Waals surface area (Å²) in [5.41, 5.74) is 2.99. The van der Waals surface area contributed by atoms with Gasteiger partial charge in [0, 0.05) is 11.9 Å². The second-order valence-electron chi connectivity index (χ2n) is 4.91. The van der Waals surface area contributed by atoms with Crippen molar-refractivity contribution < 1.29 is 4.42 Å². The molecule has 0 atom stereocenters. The van der Waals surface area contributed by atoms with Crippen molar-refractivity contribution in [1.29, 1.82) is 5.26 Å². The second kappa shape index (κ2) is 4.93. The highest BCUT2D eigenvalue weighted by atomic mass is 32.2. The number of anilines is 1. The third kappa shape index (κ3) is 1.89. The van der Waals surface area contributed by atoms with Crippen LogP contribution in [0.2, 0.25) is 0 Å². The van der Waals surface area contributed by atoms with E-state index in [0.29, 0.717) is 17.0 Å². The summed E-state index contributed by atoms with van der Waals surface area (Å²) in [6.07, 6.45) is 0. The van der Waals surface area contributed by atoms with E-state index in [1.807, 2.05) is 60.5 Å². The Morgan fingerprint density at radius 2 is 1.95 bits per heavy atom. The van der Waals surface area contributed by atoms with Crippen LogP contribution >= 0.6 is 11.8 Å². The van der Waals surface area contributed by atoms with Crippen LogP contribution in [0.5, 0.6) is 0 Å². The van der Waals surface area contributed by atoms with E-state index in [9.17, 15) is 5.26 Å². The lowest BCUT2D eigenvalue weighted by molar-refractivity contribution is 0.585. The summed E-state index contributed by atoms with van der Waals surface area (Å²) < 4.78 is 5.75. The Bertz CT molecular complexity index is 919. The van der Waals surface area contributed by atoms with Gasteiger partial charge in [0.15, 0.2) is 5.58 Å². The van der Waals surface area contributed by atoms with Gasteiger partial charge in [-0.1, -0.05) is 36.0 Å². The summed E-state index contributed by atoms with van der Waals surface area (Å²) in [6, 6.07) is 17.8. The molecule has 0 saturated heterocycles. The fourth-order valence-corrected chi connectivity index (χ4v) is 3.62. The van der Waals surface area contributed by atoms with E-state index in [-0.39, 0.29) is 0 Å². The number of rotatable bonds is 1. The van der Waals surface area contributed by atoms with Crippen LogP contribution in [-0.4, -0.2) is 12.0 Å². The Kier molecular flexibility index (Phi) is 2.91. The number of nitrogens with zero attached hydrogens (tertiary/aromatic N) is 3. The van der Waals surface area contributed by atoms with Crippen molar-refractivity contribution in [3.05, 3.63) is 59.5 Å². The maximum atomic E-state index is 9.61. The molecule has 106 valence electrons. The largest absolute Gasteiger partial charge is 0.435 e. The number of aromatic nitrogens is 1. The maximum Gasteiger partial charge on any atom is 0.240 e. The van der Waals surface area contributed by atoms with Crippen LogP contribution in [0.15, 0.2) is 62.9 Å². The molecule has 3 aromatic rings. The molecule has 0 N–H and O–H groups in total. The first kappa shape index (κ1) is 13.0. The van der Waals surface area contributed by atoms with Crippen LogP contribution in [0, 0.1) is 11.3 Å². The number of benzene rings is 2. The SMILES string of the molecule is CN1/C(=C(/C#N)c2nc3ccccc3o2)Sc2ccccc21. The molecule has 0 amide bonds. The number of allylic oxidation sites excluding steroid dienone is 1. The minimum atomic E-state index is 0.367. The topological polar surface area (TPSA) is 53.1 Å². The Hall–Kier alpha value is -2.71. The molecule has 22 heavy (non-hydrogen) atoms. The molecule has 1 aromatic heterocycles. The lowest BCUT2D eigenvalue weighted by atomic mass is 10.2. The lowest BCUT2D eigenvalue weighted by Crippen LogP contribution is -2.11. The van der Waals surface area contributed by atoms with Gasteiger partial charge in [-0.25, -0.2) is 4.98 Å². The van der Waals surface area contributed by atoms with Gasteiger partial charge < -0.3 is 9.32 Å². The van der Waals surface area contributed by atoms with Crippen LogP contribution < -0.4 is 4.90 Å². The van der Waals surface area contributed by atoms with Crippen molar-refractivity contribution in [2.24, 2.45) is 0 Å². The van der Waals surface area contributed by atoms with Crippen LogP contribution in [0.1, 0.15) is 5.89 Å². The number of thioether (sulfide) groups is 1. The lowest BCUT2D eigenvalue weighted by Gasteiger charge is -2.13. The zero-order valence-corrected chi connectivity index (χ0v) is 12.6. The molecule has 4 rings (SSSR count). The van der Waals surface area contributed by atoms with Crippen molar-refractivity contribution in [2.75, 3.05) is 11.9 Å². The van der Waals surface area contributed by atoms with E-state index in [2.05, 4.69) is 11.1 Å². The molecule has 1 aliphatic heterocycles. The number of oxazole rings is 1. The third-order valence-corrected chi connectivity index (χ3v) is 4.81. The third-order valence-electron chi connectivity index (χ3n) is 3.57. The molecule has 2 aromatic carbocycles. The molecule has 0 radical (unpaired) electrons. The highest BCUT2D eigenvalue weighted by molar-refractivity contribution is 8.04. The average Bonchev–Trinajstić information content (AvgIpc) is 3.11. The minimum absolute atomic E-state index is 0.367. The van der Waals surface area contributed by atoms with E-state index in [4.69, 9.17) is 4.42 Å². The first-order valence-corrected chi connectivity index (χ1v) is 7.60. The number of para-hydroxylation sites is 3. The monoisotopic (exact) mass is 305 g/mol. The van der Waals surface area contributed by atoms with Gasteiger partial charge in [-0.2, -0.15) is 5.26 Å². The Labute approximate surface area is 131 Å². The predicted octanol–water partition coefficient (Wildman–Crippen LogP) is 4.26. The van der Waals surface area contributed by atoms with Crippen LogP contribution in [0.3, 0.4) is 0 Å². The highest BCUT2D eigenvalue weighted by Crippen LogP contribution is 2.47. The minimum Gasteiger partial charge on any atom is -0.435 e. The average molecular weight is 305 g/mol. The molecule has 0 unspecified atom stereocenters. The Morgan fingerprint density at radius 3 is 2.73 bits per heavy atom. The molecule has 0 fully saturated rings. The summed E-state index contributed by atoms with van der Waals surface area (Å²) in [5, 5.41) is 10.5. The molecule has 0 spiro atoms. The van der Waals surface area contributed by atoms with Crippen molar-refractivity contribution in [3.63, 3.8) is 0 Å². The second-order valence-corrected chi connectivity index (χ2v) is 5.94. The summed E-state index contributed by atoms with van der Waals surface area (Å²) in [5.74, 6) is 0.367. The van der Waals surface area contributed by atoms with Gasteiger partial charge >= 0.3 is 0 Å². The first-order chi connectivity index (χ1) is 10.8. The first-order valence-electron chi connectivity index (χ1n) is 6.79. The summed E-state index contributed by atoms with van der Waals surface area (Å²) in [7, 11) is 1.95. The molecular formula is C17H11N3OS. The van der Waals surface area contributed by atoms with Gasteiger partial charge in [-0.05, 0) is 24.3 Å². The number of hydrogen-bond acceptors (Lipinski definition) is 5. The zero-order chi connectivity index (χ0) is 15.1. The van der Waals surface area contributed by atoms with E-state index in [1.54, 1.807) is 11.8 Å². The molecule has 0 aliphatic carbocycles. The number of nitriles is 1. The quantitative estimate of drug-likeness (QED) is 0.629. The standard InChI is InChI=1S/C17H11N3OS/c1-20-13-7-3-5-9-15(13)22-17(20)11(10-18)16-19-12-6-2-4-8-14(12)21-16/h2-9H,1H3/b17-11+. The van der Waals surface area contributed by atoms with Crippen LogP contribution in [0.25, 0.3) is 16.7 Å². The normalized spacial score (nSPS) is 15.7. The number of fused-ring (bicyclic) bond motifs is 2. The van der Waals surface area contributed by atoms with Gasteiger partial charge in [0.2, 0.25) is 5.89 Å². The van der Waals surface area contributed by atoms with Crippen molar-refractivity contribution in [2.45, 2.75) is 4.90 Å².